The summed E-state index contributed by atoms with van der Waals surface area (Å²) in [6.45, 7) is 3.55. The molecule has 0 N–H and O–H groups in total. The summed E-state index contributed by atoms with van der Waals surface area (Å²) >= 11 is 0. The Morgan fingerprint density at radius 3 is 2.91 bits per heavy atom. The van der Waals surface area contributed by atoms with Crippen molar-refractivity contribution < 1.29 is 4.74 Å². The van der Waals surface area contributed by atoms with Crippen LogP contribution in [0.2, 0.25) is 0 Å². The second kappa shape index (κ2) is 7.05. The quantitative estimate of drug-likeness (QED) is 0.811. The summed E-state index contributed by atoms with van der Waals surface area (Å²) in [5.74, 6) is 0.811. The molecule has 1 fully saturated rings. The molecule has 0 saturated carbocycles. The lowest BCUT2D eigenvalue weighted by molar-refractivity contribution is 0.182. The third kappa shape index (κ3) is 3.62. The van der Waals surface area contributed by atoms with Crippen molar-refractivity contribution in [1.82, 2.24) is 19.7 Å². The maximum absolute atomic E-state index is 8.77. The van der Waals surface area contributed by atoms with Gasteiger partial charge in [-0.3, -0.25) is 9.58 Å². The first-order valence-corrected chi connectivity index (χ1v) is 7.54. The van der Waals surface area contributed by atoms with Crippen LogP contribution >= 0.6 is 0 Å². The molecule has 0 amide bonds. The smallest absolute Gasteiger partial charge is 0.137 e. The van der Waals surface area contributed by atoms with E-state index < -0.39 is 0 Å². The maximum atomic E-state index is 8.77. The Hall–Kier alpha value is -2.39. The molecule has 3 rings (SSSR count). The van der Waals surface area contributed by atoms with Gasteiger partial charge in [-0.15, -0.1) is 0 Å². The molecule has 1 aliphatic heterocycles. The molecule has 0 radical (unpaired) electrons. The van der Waals surface area contributed by atoms with Crippen LogP contribution in [0.3, 0.4) is 0 Å². The van der Waals surface area contributed by atoms with E-state index in [4.69, 9.17) is 10.00 Å². The van der Waals surface area contributed by atoms with Gasteiger partial charge in [0, 0.05) is 12.6 Å². The van der Waals surface area contributed by atoms with Crippen LogP contribution in [-0.2, 0) is 6.54 Å². The van der Waals surface area contributed by atoms with Crippen LogP contribution in [0.15, 0.2) is 36.9 Å². The second-order valence-electron chi connectivity index (χ2n) is 5.43. The average Bonchev–Trinajstić information content (AvgIpc) is 3.21. The molecule has 2 aromatic rings. The molecule has 0 unspecified atom stereocenters. The standard InChI is InChI=1S/C16H19N5O/c17-10-14-3-5-16(6-4-14)22-9-8-20-7-1-2-15(20)11-21-13-18-12-19-21/h3-6,12-13,15H,1-2,7-9,11H2/t15-/m0/s1. The van der Waals surface area contributed by atoms with Crippen LogP contribution < -0.4 is 4.74 Å². The Morgan fingerprint density at radius 1 is 1.32 bits per heavy atom. The zero-order valence-corrected chi connectivity index (χ0v) is 12.4. The number of likely N-dealkylation sites (tertiary alicyclic amines) is 1. The number of hydrogen-bond donors (Lipinski definition) is 0. The highest BCUT2D eigenvalue weighted by Gasteiger charge is 2.24. The van der Waals surface area contributed by atoms with Gasteiger partial charge in [-0.2, -0.15) is 10.4 Å². The first-order valence-electron chi connectivity index (χ1n) is 7.54. The van der Waals surface area contributed by atoms with E-state index in [-0.39, 0.29) is 0 Å². The monoisotopic (exact) mass is 297 g/mol. The van der Waals surface area contributed by atoms with Gasteiger partial charge in [0.2, 0.25) is 0 Å². The molecule has 6 heteroatoms. The Kier molecular flexibility index (Phi) is 4.66. The summed E-state index contributed by atoms with van der Waals surface area (Å²) in [5, 5.41) is 13.0. The molecule has 0 bridgehead atoms. The molecule has 6 nitrogen and oxygen atoms in total. The van der Waals surface area contributed by atoms with Gasteiger partial charge in [-0.25, -0.2) is 4.98 Å². The topological polar surface area (TPSA) is 67.0 Å². The Bertz CT molecular complexity index is 617. The molecular formula is C16H19N5O. The molecule has 1 aliphatic rings. The van der Waals surface area contributed by atoms with Gasteiger partial charge >= 0.3 is 0 Å². The first kappa shape index (κ1) is 14.5. The molecule has 1 atom stereocenters. The first-order chi connectivity index (χ1) is 10.8. The normalized spacial score (nSPS) is 18.2. The molecule has 22 heavy (non-hydrogen) atoms. The van der Waals surface area contributed by atoms with Crippen LogP contribution in [0.1, 0.15) is 18.4 Å². The fraction of sp³-hybridized carbons (Fsp3) is 0.438. The Labute approximate surface area is 129 Å². The van der Waals surface area contributed by atoms with Crippen LogP contribution in [0.5, 0.6) is 5.75 Å². The predicted octanol–water partition coefficient (Wildman–Crippen LogP) is 1.69. The molecule has 1 aromatic carbocycles. The summed E-state index contributed by atoms with van der Waals surface area (Å²) in [6.07, 6.45) is 5.75. The number of rotatable bonds is 6. The summed E-state index contributed by atoms with van der Waals surface area (Å²) in [4.78, 5) is 6.44. The van der Waals surface area contributed by atoms with Gasteiger partial charge in [0.15, 0.2) is 0 Å². The van der Waals surface area contributed by atoms with Gasteiger partial charge < -0.3 is 4.74 Å². The zero-order valence-electron chi connectivity index (χ0n) is 12.4. The van der Waals surface area contributed by atoms with Crippen molar-refractivity contribution in [3.63, 3.8) is 0 Å². The van der Waals surface area contributed by atoms with Crippen molar-refractivity contribution in [3.05, 3.63) is 42.5 Å². The van der Waals surface area contributed by atoms with E-state index in [2.05, 4.69) is 21.1 Å². The molecule has 2 heterocycles. The van der Waals surface area contributed by atoms with Crippen molar-refractivity contribution in [2.75, 3.05) is 19.7 Å². The van der Waals surface area contributed by atoms with Crippen molar-refractivity contribution in [3.8, 4) is 11.8 Å². The highest BCUT2D eigenvalue weighted by atomic mass is 16.5. The minimum Gasteiger partial charge on any atom is -0.492 e. The maximum Gasteiger partial charge on any atom is 0.137 e. The number of aromatic nitrogens is 3. The molecule has 0 spiro atoms. The molecule has 1 aromatic heterocycles. The van der Waals surface area contributed by atoms with Crippen LogP contribution in [0.25, 0.3) is 0 Å². The van der Waals surface area contributed by atoms with Crippen LogP contribution in [-0.4, -0.2) is 45.4 Å². The number of benzene rings is 1. The lowest BCUT2D eigenvalue weighted by atomic mass is 10.2. The number of nitriles is 1. The SMILES string of the molecule is N#Cc1ccc(OCCN2CCC[C@H]2Cn2cncn2)cc1. The number of hydrogen-bond acceptors (Lipinski definition) is 5. The lowest BCUT2D eigenvalue weighted by Gasteiger charge is -2.24. The van der Waals surface area contributed by atoms with Gasteiger partial charge in [0.1, 0.15) is 25.0 Å². The van der Waals surface area contributed by atoms with Crippen LogP contribution in [0, 0.1) is 11.3 Å². The molecule has 0 aliphatic carbocycles. The highest BCUT2D eigenvalue weighted by Crippen LogP contribution is 2.18. The second-order valence-corrected chi connectivity index (χ2v) is 5.43. The number of ether oxygens (including phenoxy) is 1. The van der Waals surface area contributed by atoms with Crippen molar-refractivity contribution in [1.29, 1.82) is 5.26 Å². The fourth-order valence-electron chi connectivity index (χ4n) is 2.85. The van der Waals surface area contributed by atoms with Gasteiger partial charge in [-0.1, -0.05) is 0 Å². The summed E-state index contributed by atoms with van der Waals surface area (Å²) in [5.41, 5.74) is 0.653. The highest BCUT2D eigenvalue weighted by molar-refractivity contribution is 5.34. The van der Waals surface area contributed by atoms with Gasteiger partial charge in [-0.05, 0) is 43.7 Å². The van der Waals surface area contributed by atoms with Gasteiger partial charge in [0.25, 0.3) is 0 Å². The third-order valence-corrected chi connectivity index (χ3v) is 3.99. The van der Waals surface area contributed by atoms with Crippen molar-refractivity contribution >= 4 is 0 Å². The molecule has 114 valence electrons. The van der Waals surface area contributed by atoms with E-state index in [1.54, 1.807) is 24.8 Å². The van der Waals surface area contributed by atoms with E-state index in [0.717, 1.165) is 25.4 Å². The summed E-state index contributed by atoms with van der Waals surface area (Å²) in [7, 11) is 0. The van der Waals surface area contributed by atoms with E-state index in [9.17, 15) is 0 Å². The number of nitrogens with zero attached hydrogens (tertiary/aromatic N) is 5. The fourth-order valence-corrected chi connectivity index (χ4v) is 2.85. The predicted molar refractivity (Wildman–Crippen MR) is 81.3 cm³/mol. The van der Waals surface area contributed by atoms with E-state index >= 15 is 0 Å². The zero-order chi connectivity index (χ0) is 15.2. The molecular weight excluding hydrogens is 278 g/mol. The van der Waals surface area contributed by atoms with E-state index in [0.29, 0.717) is 18.2 Å². The Morgan fingerprint density at radius 2 is 2.18 bits per heavy atom. The van der Waals surface area contributed by atoms with E-state index in [1.165, 1.54) is 12.8 Å². The largest absolute Gasteiger partial charge is 0.492 e. The summed E-state index contributed by atoms with van der Waals surface area (Å²) < 4.78 is 7.66. The minimum atomic E-state index is 0.506. The van der Waals surface area contributed by atoms with E-state index in [1.807, 2.05) is 16.8 Å². The van der Waals surface area contributed by atoms with Crippen molar-refractivity contribution in [2.45, 2.75) is 25.4 Å². The minimum absolute atomic E-state index is 0.506. The Balaban J connectivity index is 1.46. The van der Waals surface area contributed by atoms with Crippen molar-refractivity contribution in [2.24, 2.45) is 0 Å². The summed E-state index contributed by atoms with van der Waals surface area (Å²) in [6, 6.07) is 9.85. The third-order valence-electron chi connectivity index (χ3n) is 3.99. The lowest BCUT2D eigenvalue weighted by Crippen LogP contribution is -2.36. The van der Waals surface area contributed by atoms with Gasteiger partial charge in [0.05, 0.1) is 18.2 Å². The van der Waals surface area contributed by atoms with Crippen LogP contribution in [0.4, 0.5) is 0 Å². The molecule has 1 saturated heterocycles. The average molecular weight is 297 g/mol.